The molecule has 2 rings (SSSR count). The number of nitrogens with one attached hydrogen (secondary N) is 2. The minimum atomic E-state index is -0.242. The standard InChI is InChI=1S/C18H23N3O3/c1-2-3-7-13(12-22)19-17(23)11-6-10-16-20-15-9-5-4-8-14(15)18(24)21-16/h2,4-5,8-9,13,22H,1,3,6-7,10-12H2,(H,19,23)(H,20,21,24)/t13-/m0/s1. The van der Waals surface area contributed by atoms with Crippen LogP contribution in [0.15, 0.2) is 41.7 Å². The number of benzene rings is 1. The molecule has 0 spiro atoms. The average molecular weight is 329 g/mol. The lowest BCUT2D eigenvalue weighted by Crippen LogP contribution is -2.37. The summed E-state index contributed by atoms with van der Waals surface area (Å²) in [4.78, 5) is 31.0. The van der Waals surface area contributed by atoms with Crippen LogP contribution >= 0.6 is 0 Å². The second kappa shape index (κ2) is 8.98. The number of fused-ring (bicyclic) bond motifs is 1. The van der Waals surface area contributed by atoms with Crippen LogP contribution in [0.2, 0.25) is 0 Å². The van der Waals surface area contributed by atoms with Crippen molar-refractivity contribution in [3.63, 3.8) is 0 Å². The fraction of sp³-hybridized carbons (Fsp3) is 0.389. The van der Waals surface area contributed by atoms with Gasteiger partial charge in [-0.25, -0.2) is 4.98 Å². The molecule has 0 aliphatic rings. The predicted molar refractivity (Wildman–Crippen MR) is 93.7 cm³/mol. The molecule has 6 nitrogen and oxygen atoms in total. The van der Waals surface area contributed by atoms with E-state index in [2.05, 4.69) is 21.9 Å². The number of para-hydroxylation sites is 1. The van der Waals surface area contributed by atoms with E-state index >= 15 is 0 Å². The van der Waals surface area contributed by atoms with Gasteiger partial charge in [0.05, 0.1) is 23.6 Å². The summed E-state index contributed by atoms with van der Waals surface area (Å²) in [7, 11) is 0. The van der Waals surface area contributed by atoms with Crippen molar-refractivity contribution >= 4 is 16.8 Å². The van der Waals surface area contributed by atoms with Crippen LogP contribution in [-0.2, 0) is 11.2 Å². The van der Waals surface area contributed by atoms with Gasteiger partial charge in [0, 0.05) is 12.8 Å². The monoisotopic (exact) mass is 329 g/mol. The molecule has 0 saturated carbocycles. The van der Waals surface area contributed by atoms with Crippen LogP contribution in [0, 0.1) is 0 Å². The molecule has 0 bridgehead atoms. The van der Waals surface area contributed by atoms with Gasteiger partial charge in [-0.05, 0) is 31.4 Å². The first-order chi connectivity index (χ1) is 11.6. The largest absolute Gasteiger partial charge is 0.394 e. The number of amides is 1. The highest BCUT2D eigenvalue weighted by Gasteiger charge is 2.11. The summed E-state index contributed by atoms with van der Waals surface area (Å²) >= 11 is 0. The Labute approximate surface area is 140 Å². The molecule has 6 heteroatoms. The molecule has 0 aliphatic heterocycles. The van der Waals surface area contributed by atoms with Gasteiger partial charge in [0.25, 0.3) is 5.56 Å². The summed E-state index contributed by atoms with van der Waals surface area (Å²) in [5, 5.41) is 12.6. The lowest BCUT2D eigenvalue weighted by molar-refractivity contribution is -0.122. The summed E-state index contributed by atoms with van der Waals surface area (Å²) in [6.45, 7) is 3.54. The minimum Gasteiger partial charge on any atom is -0.394 e. The van der Waals surface area contributed by atoms with E-state index in [9.17, 15) is 14.7 Å². The van der Waals surface area contributed by atoms with Crippen LogP contribution in [0.1, 0.15) is 31.5 Å². The first-order valence-electron chi connectivity index (χ1n) is 8.13. The van der Waals surface area contributed by atoms with Crippen LogP contribution in [0.25, 0.3) is 10.9 Å². The van der Waals surface area contributed by atoms with Gasteiger partial charge >= 0.3 is 0 Å². The zero-order valence-electron chi connectivity index (χ0n) is 13.6. The SMILES string of the molecule is C=CCC[C@@H](CO)NC(=O)CCCc1nc2ccccc2c(=O)[nH]1. The van der Waals surface area contributed by atoms with Crippen LogP contribution < -0.4 is 10.9 Å². The van der Waals surface area contributed by atoms with E-state index in [-0.39, 0.29) is 24.1 Å². The average Bonchev–Trinajstić information content (AvgIpc) is 2.58. The number of aromatic nitrogens is 2. The molecule has 0 unspecified atom stereocenters. The van der Waals surface area contributed by atoms with Crippen molar-refractivity contribution in [1.82, 2.24) is 15.3 Å². The number of nitrogens with zero attached hydrogens (tertiary/aromatic N) is 1. The fourth-order valence-corrected chi connectivity index (χ4v) is 2.50. The third-order valence-corrected chi connectivity index (χ3v) is 3.78. The van der Waals surface area contributed by atoms with Crippen molar-refractivity contribution in [2.75, 3.05) is 6.61 Å². The Bertz CT molecular complexity index is 755. The van der Waals surface area contributed by atoms with Gasteiger partial charge in [0.1, 0.15) is 5.82 Å². The molecule has 0 radical (unpaired) electrons. The van der Waals surface area contributed by atoms with Crippen molar-refractivity contribution in [1.29, 1.82) is 0 Å². The number of carbonyl (C=O) groups is 1. The summed E-state index contributed by atoms with van der Waals surface area (Å²) < 4.78 is 0. The molecule has 128 valence electrons. The van der Waals surface area contributed by atoms with Crippen LogP contribution in [0.4, 0.5) is 0 Å². The first-order valence-corrected chi connectivity index (χ1v) is 8.13. The van der Waals surface area contributed by atoms with Crippen LogP contribution in [0.5, 0.6) is 0 Å². The molecule has 3 N–H and O–H groups in total. The number of aliphatic hydroxyl groups is 1. The Hall–Kier alpha value is -2.47. The second-order valence-electron chi connectivity index (χ2n) is 5.70. The van der Waals surface area contributed by atoms with Gasteiger partial charge in [-0.1, -0.05) is 18.2 Å². The van der Waals surface area contributed by atoms with Crippen molar-refractivity contribution in [2.24, 2.45) is 0 Å². The number of hydrogen-bond donors (Lipinski definition) is 3. The van der Waals surface area contributed by atoms with Crippen molar-refractivity contribution < 1.29 is 9.90 Å². The molecular formula is C18H23N3O3. The van der Waals surface area contributed by atoms with Gasteiger partial charge in [0.15, 0.2) is 0 Å². The van der Waals surface area contributed by atoms with E-state index in [0.29, 0.717) is 42.4 Å². The number of aromatic amines is 1. The van der Waals surface area contributed by atoms with Gasteiger partial charge in [-0.15, -0.1) is 6.58 Å². The number of allylic oxidation sites excluding steroid dienone is 1. The predicted octanol–water partition coefficient (Wildman–Crippen LogP) is 1.69. The summed E-state index contributed by atoms with van der Waals surface area (Å²) in [5.74, 6) is 0.470. The molecular weight excluding hydrogens is 306 g/mol. The molecule has 2 aromatic rings. The maximum absolute atomic E-state index is 12.0. The number of H-pyrrole nitrogens is 1. The quantitative estimate of drug-likeness (QED) is 0.610. The summed E-state index contributed by atoms with van der Waals surface area (Å²) in [6.07, 6.45) is 4.59. The fourth-order valence-electron chi connectivity index (χ4n) is 2.50. The molecule has 1 aromatic heterocycles. The van der Waals surface area contributed by atoms with E-state index in [1.807, 2.05) is 6.07 Å². The molecule has 0 saturated heterocycles. The lowest BCUT2D eigenvalue weighted by atomic mass is 10.1. The number of aliphatic hydroxyl groups excluding tert-OH is 1. The Morgan fingerprint density at radius 1 is 1.42 bits per heavy atom. The maximum Gasteiger partial charge on any atom is 0.258 e. The number of carbonyl (C=O) groups excluding carboxylic acids is 1. The molecule has 0 aliphatic carbocycles. The normalized spacial score (nSPS) is 12.0. The summed E-state index contributed by atoms with van der Waals surface area (Å²) in [5.41, 5.74) is 0.496. The third kappa shape index (κ3) is 5.03. The van der Waals surface area contributed by atoms with Gasteiger partial charge in [0.2, 0.25) is 5.91 Å². The van der Waals surface area contributed by atoms with Crippen molar-refractivity contribution in [3.05, 3.63) is 53.1 Å². The highest BCUT2D eigenvalue weighted by atomic mass is 16.3. The maximum atomic E-state index is 12.0. The molecule has 1 amide bonds. The van der Waals surface area contributed by atoms with Crippen LogP contribution in [-0.4, -0.2) is 33.6 Å². The molecule has 0 fully saturated rings. The van der Waals surface area contributed by atoms with E-state index in [0.717, 1.165) is 6.42 Å². The Morgan fingerprint density at radius 2 is 2.21 bits per heavy atom. The summed E-state index contributed by atoms with van der Waals surface area (Å²) in [6, 6.07) is 6.93. The molecule has 24 heavy (non-hydrogen) atoms. The minimum absolute atomic E-state index is 0.0842. The Kier molecular flexibility index (Phi) is 6.69. The van der Waals surface area contributed by atoms with Crippen molar-refractivity contribution in [2.45, 2.75) is 38.1 Å². The smallest absolute Gasteiger partial charge is 0.258 e. The Balaban J connectivity index is 1.86. The second-order valence-corrected chi connectivity index (χ2v) is 5.70. The molecule has 1 atom stereocenters. The highest BCUT2D eigenvalue weighted by Crippen LogP contribution is 2.07. The molecule has 1 aromatic carbocycles. The zero-order chi connectivity index (χ0) is 17.4. The lowest BCUT2D eigenvalue weighted by Gasteiger charge is -2.15. The third-order valence-electron chi connectivity index (χ3n) is 3.78. The first kappa shape index (κ1) is 17.9. The zero-order valence-corrected chi connectivity index (χ0v) is 13.6. The van der Waals surface area contributed by atoms with E-state index in [4.69, 9.17) is 0 Å². The Morgan fingerprint density at radius 3 is 2.96 bits per heavy atom. The van der Waals surface area contributed by atoms with Crippen molar-refractivity contribution in [3.8, 4) is 0 Å². The van der Waals surface area contributed by atoms with Crippen LogP contribution in [0.3, 0.4) is 0 Å². The number of hydrogen-bond acceptors (Lipinski definition) is 4. The number of aryl methyl sites for hydroxylation is 1. The van der Waals surface area contributed by atoms with Gasteiger partial charge < -0.3 is 15.4 Å². The topological polar surface area (TPSA) is 95.1 Å². The van der Waals surface area contributed by atoms with E-state index in [1.54, 1.807) is 24.3 Å². The van der Waals surface area contributed by atoms with Gasteiger partial charge in [-0.3, -0.25) is 9.59 Å². The van der Waals surface area contributed by atoms with E-state index in [1.165, 1.54) is 0 Å². The van der Waals surface area contributed by atoms with E-state index < -0.39 is 0 Å². The molecule has 1 heterocycles. The van der Waals surface area contributed by atoms with Gasteiger partial charge in [-0.2, -0.15) is 0 Å². The highest BCUT2D eigenvalue weighted by molar-refractivity contribution is 5.77. The number of rotatable bonds is 9.